The van der Waals surface area contributed by atoms with E-state index in [1.807, 2.05) is 24.3 Å². The maximum Gasteiger partial charge on any atom is 0.232 e. The second kappa shape index (κ2) is 10.2. The van der Waals surface area contributed by atoms with E-state index < -0.39 is 0 Å². The number of halogens is 1. The zero-order chi connectivity index (χ0) is 23.5. The van der Waals surface area contributed by atoms with Gasteiger partial charge in [-0.2, -0.15) is 9.97 Å². The molecule has 2 aromatic carbocycles. The first kappa shape index (κ1) is 22.9. The predicted octanol–water partition coefficient (Wildman–Crippen LogP) is 5.37. The molecule has 2 aliphatic rings. The van der Waals surface area contributed by atoms with E-state index in [0.29, 0.717) is 23.5 Å². The van der Waals surface area contributed by atoms with Crippen LogP contribution in [0.3, 0.4) is 0 Å². The van der Waals surface area contributed by atoms with Gasteiger partial charge in [-0.25, -0.2) is 0 Å². The summed E-state index contributed by atoms with van der Waals surface area (Å²) in [6.07, 6.45) is 2.44. The Balaban J connectivity index is 1.35. The summed E-state index contributed by atoms with van der Waals surface area (Å²) in [5.41, 5.74) is 3.80. The van der Waals surface area contributed by atoms with Crippen molar-refractivity contribution >= 4 is 46.5 Å². The molecule has 0 saturated carbocycles. The third-order valence-corrected chi connectivity index (χ3v) is 6.93. The molecular weight excluding hydrogens is 464 g/mol. The van der Waals surface area contributed by atoms with E-state index in [9.17, 15) is 0 Å². The first-order valence-electron chi connectivity index (χ1n) is 11.8. The third-order valence-electron chi connectivity index (χ3n) is 6.44. The summed E-state index contributed by atoms with van der Waals surface area (Å²) in [5, 5.41) is 7.68. The topological polar surface area (TPSA) is 56.3 Å². The fraction of sp³-hybridized carbons (Fsp3) is 0.346. The lowest BCUT2D eigenvalue weighted by Gasteiger charge is -2.32. The first-order valence-corrected chi connectivity index (χ1v) is 12.6. The van der Waals surface area contributed by atoms with E-state index in [-0.39, 0.29) is 0 Å². The minimum Gasteiger partial charge on any atom is -0.358 e. The lowest BCUT2D eigenvalue weighted by molar-refractivity contribution is 0.444. The lowest BCUT2D eigenvalue weighted by Crippen LogP contribution is -2.35. The van der Waals surface area contributed by atoms with Crippen LogP contribution in [0.4, 0.5) is 17.6 Å². The van der Waals surface area contributed by atoms with Crippen molar-refractivity contribution in [3.05, 3.63) is 76.3 Å². The van der Waals surface area contributed by atoms with Gasteiger partial charge in [0.05, 0.1) is 0 Å². The van der Waals surface area contributed by atoms with Gasteiger partial charge in [0.1, 0.15) is 11.6 Å². The van der Waals surface area contributed by atoms with Crippen molar-refractivity contribution in [1.29, 1.82) is 0 Å². The zero-order valence-corrected chi connectivity index (χ0v) is 20.9. The van der Waals surface area contributed by atoms with Crippen LogP contribution in [0.25, 0.3) is 0 Å². The Labute approximate surface area is 211 Å². The van der Waals surface area contributed by atoms with Crippen molar-refractivity contribution in [2.75, 3.05) is 28.2 Å². The Morgan fingerprint density at radius 1 is 1.03 bits per heavy atom. The maximum atomic E-state index is 5.98. The molecule has 8 heteroatoms. The quantitative estimate of drug-likeness (QED) is 0.464. The molecule has 3 aromatic rings. The smallest absolute Gasteiger partial charge is 0.232 e. The molecule has 1 saturated heterocycles. The summed E-state index contributed by atoms with van der Waals surface area (Å²) >= 11 is 11.5. The zero-order valence-electron chi connectivity index (χ0n) is 19.3. The molecule has 0 aliphatic carbocycles. The standard InChI is InChI=1S/C26H29ClN6S/c1-18-5-4-12-32(15-18)23-13-24(33-16-20-6-2-3-7-21(20)17-33)30-25(29-23)31-26(34)28-14-19-8-10-22(27)11-9-19/h2-3,6-11,13,18H,4-5,12,14-17H2,1H3,(H2,28,29,30,31,34). The highest BCUT2D eigenvalue weighted by Crippen LogP contribution is 2.31. The normalized spacial score (nSPS) is 17.4. The Morgan fingerprint density at radius 2 is 1.71 bits per heavy atom. The summed E-state index contributed by atoms with van der Waals surface area (Å²) in [6.45, 7) is 6.62. The van der Waals surface area contributed by atoms with Gasteiger partial charge in [-0.3, -0.25) is 0 Å². The molecule has 1 atom stereocenters. The number of hydrogen-bond donors (Lipinski definition) is 2. The van der Waals surface area contributed by atoms with Crippen LogP contribution >= 0.6 is 23.8 Å². The molecule has 1 aromatic heterocycles. The number of rotatable bonds is 5. The van der Waals surface area contributed by atoms with Gasteiger partial charge in [-0.15, -0.1) is 0 Å². The second-order valence-electron chi connectivity index (χ2n) is 9.16. The summed E-state index contributed by atoms with van der Waals surface area (Å²) in [7, 11) is 0. The molecule has 1 unspecified atom stereocenters. The number of anilines is 3. The molecule has 176 valence electrons. The van der Waals surface area contributed by atoms with E-state index in [1.54, 1.807) is 0 Å². The number of fused-ring (bicyclic) bond motifs is 1. The van der Waals surface area contributed by atoms with Crippen molar-refractivity contribution in [2.45, 2.75) is 39.4 Å². The molecule has 0 radical (unpaired) electrons. The van der Waals surface area contributed by atoms with E-state index in [0.717, 1.165) is 48.4 Å². The number of aromatic nitrogens is 2. The van der Waals surface area contributed by atoms with Crippen molar-refractivity contribution < 1.29 is 0 Å². The van der Waals surface area contributed by atoms with Gasteiger partial charge in [0.15, 0.2) is 5.11 Å². The number of benzene rings is 2. The van der Waals surface area contributed by atoms with Crippen LogP contribution < -0.4 is 20.4 Å². The number of hydrogen-bond acceptors (Lipinski definition) is 5. The largest absolute Gasteiger partial charge is 0.358 e. The van der Waals surface area contributed by atoms with Crippen LogP contribution in [-0.2, 0) is 19.6 Å². The van der Waals surface area contributed by atoms with E-state index in [4.69, 9.17) is 33.8 Å². The second-order valence-corrected chi connectivity index (χ2v) is 10.0. The summed E-state index contributed by atoms with van der Waals surface area (Å²) in [5.74, 6) is 3.05. The average molecular weight is 493 g/mol. The maximum absolute atomic E-state index is 5.98. The Kier molecular flexibility index (Phi) is 6.83. The minimum atomic E-state index is 0.495. The van der Waals surface area contributed by atoms with Gasteiger partial charge < -0.3 is 20.4 Å². The van der Waals surface area contributed by atoms with Gasteiger partial charge in [-0.1, -0.05) is 54.9 Å². The van der Waals surface area contributed by atoms with Crippen molar-refractivity contribution in [2.24, 2.45) is 5.92 Å². The molecule has 0 spiro atoms. The van der Waals surface area contributed by atoms with Crippen molar-refractivity contribution in [3.8, 4) is 0 Å². The fourth-order valence-corrected chi connectivity index (χ4v) is 4.91. The first-order chi connectivity index (χ1) is 16.5. The Bertz CT molecular complexity index is 1140. The molecular formula is C26H29ClN6S. The highest BCUT2D eigenvalue weighted by atomic mass is 35.5. The van der Waals surface area contributed by atoms with E-state index in [1.165, 1.54) is 24.0 Å². The molecule has 2 aliphatic heterocycles. The Hall–Kier alpha value is -2.90. The van der Waals surface area contributed by atoms with Gasteiger partial charge in [-0.05, 0) is 59.8 Å². The summed E-state index contributed by atoms with van der Waals surface area (Å²) < 4.78 is 0. The van der Waals surface area contributed by atoms with E-state index >= 15 is 0 Å². The van der Waals surface area contributed by atoms with Crippen LogP contribution in [0.1, 0.15) is 36.5 Å². The minimum absolute atomic E-state index is 0.495. The van der Waals surface area contributed by atoms with Crippen LogP contribution in [-0.4, -0.2) is 28.2 Å². The molecule has 6 nitrogen and oxygen atoms in total. The molecule has 0 amide bonds. The van der Waals surface area contributed by atoms with Crippen LogP contribution in [0.5, 0.6) is 0 Å². The molecule has 3 heterocycles. The van der Waals surface area contributed by atoms with Crippen molar-refractivity contribution in [1.82, 2.24) is 15.3 Å². The lowest BCUT2D eigenvalue weighted by atomic mass is 10.0. The van der Waals surface area contributed by atoms with E-state index in [2.05, 4.69) is 57.7 Å². The molecule has 1 fully saturated rings. The summed E-state index contributed by atoms with van der Waals surface area (Å²) in [4.78, 5) is 14.4. The molecule has 2 N–H and O–H groups in total. The fourth-order valence-electron chi connectivity index (χ4n) is 4.62. The molecule has 0 bridgehead atoms. The van der Waals surface area contributed by atoms with Gasteiger partial charge in [0, 0.05) is 43.8 Å². The van der Waals surface area contributed by atoms with Crippen LogP contribution in [0, 0.1) is 5.92 Å². The number of nitrogens with zero attached hydrogens (tertiary/aromatic N) is 4. The van der Waals surface area contributed by atoms with Gasteiger partial charge in [0.25, 0.3) is 0 Å². The average Bonchev–Trinajstić information content (AvgIpc) is 3.28. The van der Waals surface area contributed by atoms with Crippen LogP contribution in [0.2, 0.25) is 5.02 Å². The summed E-state index contributed by atoms with van der Waals surface area (Å²) in [6, 6.07) is 18.4. The number of thiocarbonyl (C=S) groups is 1. The van der Waals surface area contributed by atoms with Gasteiger partial charge >= 0.3 is 0 Å². The van der Waals surface area contributed by atoms with Gasteiger partial charge in [0.2, 0.25) is 5.95 Å². The molecule has 34 heavy (non-hydrogen) atoms. The van der Waals surface area contributed by atoms with Crippen LogP contribution in [0.15, 0.2) is 54.6 Å². The highest BCUT2D eigenvalue weighted by Gasteiger charge is 2.24. The number of nitrogens with one attached hydrogen (secondary N) is 2. The SMILES string of the molecule is CC1CCCN(c2cc(N3Cc4ccccc4C3)nc(NC(=S)NCc3ccc(Cl)cc3)n2)C1. The molecule has 5 rings (SSSR count). The highest BCUT2D eigenvalue weighted by molar-refractivity contribution is 7.80. The monoisotopic (exact) mass is 492 g/mol. The predicted molar refractivity (Wildman–Crippen MR) is 143 cm³/mol. The van der Waals surface area contributed by atoms with Crippen molar-refractivity contribution in [3.63, 3.8) is 0 Å². The Morgan fingerprint density at radius 3 is 2.38 bits per heavy atom. The number of piperidine rings is 1. The third kappa shape index (κ3) is 5.42.